The van der Waals surface area contributed by atoms with Crippen molar-refractivity contribution in [3.63, 3.8) is 0 Å². The van der Waals surface area contributed by atoms with Gasteiger partial charge in [-0.2, -0.15) is 5.10 Å². The highest BCUT2D eigenvalue weighted by atomic mass is 16.3. The fourth-order valence-corrected chi connectivity index (χ4v) is 2.69. The summed E-state index contributed by atoms with van der Waals surface area (Å²) in [6.45, 7) is 0. The van der Waals surface area contributed by atoms with E-state index in [1.165, 1.54) is 24.1 Å². The smallest absolute Gasteiger partial charge is 0.124 e. The van der Waals surface area contributed by atoms with Crippen LogP contribution in [0.4, 0.5) is 0 Å². The third-order valence-corrected chi connectivity index (χ3v) is 3.48. The van der Waals surface area contributed by atoms with Gasteiger partial charge in [-0.15, -0.1) is 0 Å². The van der Waals surface area contributed by atoms with Crippen molar-refractivity contribution >= 4 is 0 Å². The molecular weight excluding hydrogens is 212 g/mol. The Kier molecular flexibility index (Phi) is 2.39. The van der Waals surface area contributed by atoms with Crippen molar-refractivity contribution in [2.45, 2.75) is 25.7 Å². The minimum atomic E-state index is 0.337. The maximum absolute atomic E-state index is 9.97. The number of aromatic hydroxyl groups is 1. The van der Waals surface area contributed by atoms with E-state index in [1.807, 2.05) is 29.9 Å². The molecule has 1 aliphatic rings. The molecule has 0 amide bonds. The Morgan fingerprint density at radius 1 is 1.18 bits per heavy atom. The third-order valence-electron chi connectivity index (χ3n) is 3.48. The molecule has 0 saturated heterocycles. The number of rotatable bonds is 1. The van der Waals surface area contributed by atoms with E-state index >= 15 is 0 Å². The Labute approximate surface area is 101 Å². The van der Waals surface area contributed by atoms with Gasteiger partial charge in [-0.25, -0.2) is 0 Å². The molecule has 88 valence electrons. The zero-order valence-corrected chi connectivity index (χ0v) is 9.98. The normalized spacial score (nSPS) is 14.6. The standard InChI is InChI=1S/C14H16N2O/c1-16-14(11-7-3-5-9-13(11)17)10-6-2-4-8-12(10)15-16/h3,5,7,9,17H,2,4,6,8H2,1H3. The van der Waals surface area contributed by atoms with E-state index in [0.29, 0.717) is 5.75 Å². The first-order valence-electron chi connectivity index (χ1n) is 6.10. The SMILES string of the molecule is Cn1nc2c(c1-c1ccccc1O)CCCC2. The molecule has 1 aromatic carbocycles. The fourth-order valence-electron chi connectivity index (χ4n) is 2.69. The molecule has 1 N–H and O–H groups in total. The van der Waals surface area contributed by atoms with Crippen LogP contribution >= 0.6 is 0 Å². The first kappa shape index (κ1) is 10.4. The van der Waals surface area contributed by atoms with E-state index < -0.39 is 0 Å². The van der Waals surface area contributed by atoms with Crippen LogP contribution in [0.2, 0.25) is 0 Å². The van der Waals surface area contributed by atoms with Crippen molar-refractivity contribution in [1.82, 2.24) is 9.78 Å². The monoisotopic (exact) mass is 228 g/mol. The molecule has 3 nitrogen and oxygen atoms in total. The number of phenolic OH excluding ortho intramolecular Hbond substituents is 1. The Hall–Kier alpha value is -1.77. The highest BCUT2D eigenvalue weighted by Gasteiger charge is 2.21. The zero-order valence-electron chi connectivity index (χ0n) is 9.98. The lowest BCUT2D eigenvalue weighted by Gasteiger charge is -2.12. The summed E-state index contributed by atoms with van der Waals surface area (Å²) < 4.78 is 1.91. The van der Waals surface area contributed by atoms with E-state index in [1.54, 1.807) is 6.07 Å². The summed E-state index contributed by atoms with van der Waals surface area (Å²) in [4.78, 5) is 0. The molecule has 0 aliphatic heterocycles. The molecule has 0 radical (unpaired) electrons. The highest BCUT2D eigenvalue weighted by Crippen LogP contribution is 2.35. The average molecular weight is 228 g/mol. The number of benzene rings is 1. The number of aryl methyl sites for hydroxylation is 2. The number of nitrogens with zero attached hydrogens (tertiary/aromatic N) is 2. The van der Waals surface area contributed by atoms with E-state index in [4.69, 9.17) is 0 Å². The summed E-state index contributed by atoms with van der Waals surface area (Å²) in [5, 5.41) is 14.5. The van der Waals surface area contributed by atoms with Crippen molar-refractivity contribution in [1.29, 1.82) is 0 Å². The topological polar surface area (TPSA) is 38.0 Å². The van der Waals surface area contributed by atoms with Crippen LogP contribution in [0.15, 0.2) is 24.3 Å². The lowest BCUT2D eigenvalue weighted by atomic mass is 9.93. The van der Waals surface area contributed by atoms with E-state index in [2.05, 4.69) is 5.10 Å². The van der Waals surface area contributed by atoms with Crippen LogP contribution in [0.25, 0.3) is 11.3 Å². The molecule has 0 spiro atoms. The molecular formula is C14H16N2O. The lowest BCUT2D eigenvalue weighted by Crippen LogP contribution is -2.01. The number of para-hydroxylation sites is 1. The largest absolute Gasteiger partial charge is 0.507 e. The molecule has 0 unspecified atom stereocenters. The predicted molar refractivity (Wildman–Crippen MR) is 67.0 cm³/mol. The molecule has 3 heteroatoms. The maximum Gasteiger partial charge on any atom is 0.124 e. The van der Waals surface area contributed by atoms with Crippen molar-refractivity contribution in [3.8, 4) is 17.0 Å². The van der Waals surface area contributed by atoms with Gasteiger partial charge in [0.05, 0.1) is 11.4 Å². The molecule has 0 bridgehead atoms. The minimum absolute atomic E-state index is 0.337. The number of hydrogen-bond donors (Lipinski definition) is 1. The van der Waals surface area contributed by atoms with Crippen molar-refractivity contribution in [3.05, 3.63) is 35.5 Å². The molecule has 17 heavy (non-hydrogen) atoms. The van der Waals surface area contributed by atoms with Crippen LogP contribution in [0, 0.1) is 0 Å². The van der Waals surface area contributed by atoms with Crippen molar-refractivity contribution in [2.75, 3.05) is 0 Å². The van der Waals surface area contributed by atoms with Gasteiger partial charge in [0.25, 0.3) is 0 Å². The fraction of sp³-hybridized carbons (Fsp3) is 0.357. The lowest BCUT2D eigenvalue weighted by molar-refractivity contribution is 0.476. The van der Waals surface area contributed by atoms with Gasteiger partial charge in [0.15, 0.2) is 0 Å². The molecule has 0 fully saturated rings. The average Bonchev–Trinajstić information content (AvgIpc) is 2.66. The molecule has 2 aromatic rings. The van der Waals surface area contributed by atoms with Crippen LogP contribution in [-0.4, -0.2) is 14.9 Å². The first-order chi connectivity index (χ1) is 8.27. The maximum atomic E-state index is 9.97. The van der Waals surface area contributed by atoms with Gasteiger partial charge >= 0.3 is 0 Å². The summed E-state index contributed by atoms with van der Waals surface area (Å²) >= 11 is 0. The number of phenols is 1. The van der Waals surface area contributed by atoms with Gasteiger partial charge in [-0.05, 0) is 37.8 Å². The minimum Gasteiger partial charge on any atom is -0.507 e. The molecule has 0 atom stereocenters. The molecule has 3 rings (SSSR count). The zero-order chi connectivity index (χ0) is 11.8. The van der Waals surface area contributed by atoms with Crippen LogP contribution < -0.4 is 0 Å². The van der Waals surface area contributed by atoms with Gasteiger partial charge in [-0.1, -0.05) is 12.1 Å². The van der Waals surface area contributed by atoms with Gasteiger partial charge in [0, 0.05) is 18.2 Å². The second kappa shape index (κ2) is 3.91. The van der Waals surface area contributed by atoms with Gasteiger partial charge in [0.2, 0.25) is 0 Å². The number of aromatic nitrogens is 2. The van der Waals surface area contributed by atoms with Crippen LogP contribution in [0.1, 0.15) is 24.1 Å². The summed E-state index contributed by atoms with van der Waals surface area (Å²) in [6.07, 6.45) is 4.59. The molecule has 1 aromatic heterocycles. The van der Waals surface area contributed by atoms with Gasteiger partial charge < -0.3 is 5.11 Å². The van der Waals surface area contributed by atoms with Crippen LogP contribution in [0.3, 0.4) is 0 Å². The van der Waals surface area contributed by atoms with Crippen LogP contribution in [0.5, 0.6) is 5.75 Å². The van der Waals surface area contributed by atoms with E-state index in [9.17, 15) is 5.11 Å². The summed E-state index contributed by atoms with van der Waals surface area (Å²) in [7, 11) is 1.96. The second-order valence-electron chi connectivity index (χ2n) is 4.62. The van der Waals surface area contributed by atoms with E-state index in [0.717, 1.165) is 24.1 Å². The molecule has 0 saturated carbocycles. The Bertz CT molecular complexity index is 557. The number of hydrogen-bond acceptors (Lipinski definition) is 2. The second-order valence-corrected chi connectivity index (χ2v) is 4.62. The quantitative estimate of drug-likeness (QED) is 0.815. The van der Waals surface area contributed by atoms with Crippen molar-refractivity contribution in [2.24, 2.45) is 7.05 Å². The molecule has 1 aliphatic carbocycles. The predicted octanol–water partition coefficient (Wildman–Crippen LogP) is 2.67. The van der Waals surface area contributed by atoms with Crippen LogP contribution in [-0.2, 0) is 19.9 Å². The molecule has 1 heterocycles. The Balaban J connectivity index is 2.21. The first-order valence-corrected chi connectivity index (χ1v) is 6.10. The Morgan fingerprint density at radius 2 is 1.94 bits per heavy atom. The summed E-state index contributed by atoms with van der Waals surface area (Å²) in [5.74, 6) is 0.337. The van der Waals surface area contributed by atoms with Crippen molar-refractivity contribution < 1.29 is 5.11 Å². The highest BCUT2D eigenvalue weighted by molar-refractivity contribution is 5.71. The van der Waals surface area contributed by atoms with E-state index in [-0.39, 0.29) is 0 Å². The Morgan fingerprint density at radius 3 is 2.76 bits per heavy atom. The summed E-state index contributed by atoms with van der Waals surface area (Å²) in [6, 6.07) is 7.50. The van der Waals surface area contributed by atoms with Gasteiger partial charge in [0.1, 0.15) is 5.75 Å². The third kappa shape index (κ3) is 1.62. The van der Waals surface area contributed by atoms with Gasteiger partial charge in [-0.3, -0.25) is 4.68 Å². The number of fused-ring (bicyclic) bond motifs is 1. The summed E-state index contributed by atoms with van der Waals surface area (Å²) in [5.41, 5.74) is 4.50.